The van der Waals surface area contributed by atoms with Crippen LogP contribution in [0.25, 0.3) is 0 Å². The van der Waals surface area contributed by atoms with Gasteiger partial charge in [-0.3, -0.25) is 4.79 Å². The second-order valence-electron chi connectivity index (χ2n) is 5.11. The topological polar surface area (TPSA) is 66.4 Å². The molecule has 4 nitrogen and oxygen atoms in total. The second-order valence-corrected chi connectivity index (χ2v) is 5.11. The lowest BCUT2D eigenvalue weighted by atomic mass is 10.0. The Labute approximate surface area is 118 Å². The Balaban J connectivity index is 2.36. The van der Waals surface area contributed by atoms with Crippen LogP contribution < -0.4 is 5.32 Å². The summed E-state index contributed by atoms with van der Waals surface area (Å²) in [6.45, 7) is 3.50. The Hall–Kier alpha value is -1.91. The van der Waals surface area contributed by atoms with Crippen LogP contribution in [0, 0.1) is 11.7 Å². The number of carbonyl (C=O) groups is 2. The first-order valence-corrected chi connectivity index (χ1v) is 6.66. The lowest BCUT2D eigenvalue weighted by Gasteiger charge is -2.17. The number of amides is 1. The smallest absolute Gasteiger partial charge is 0.326 e. The van der Waals surface area contributed by atoms with Crippen molar-refractivity contribution in [1.29, 1.82) is 0 Å². The van der Waals surface area contributed by atoms with Crippen LogP contribution in [0.15, 0.2) is 24.3 Å². The maximum Gasteiger partial charge on any atom is 0.326 e. The molecule has 0 aromatic heterocycles. The Morgan fingerprint density at radius 3 is 2.35 bits per heavy atom. The molecule has 2 N–H and O–H groups in total. The monoisotopic (exact) mass is 281 g/mol. The van der Waals surface area contributed by atoms with Crippen molar-refractivity contribution in [2.24, 2.45) is 5.92 Å². The van der Waals surface area contributed by atoms with Gasteiger partial charge in [0.2, 0.25) is 5.91 Å². The van der Waals surface area contributed by atoms with Gasteiger partial charge in [-0.25, -0.2) is 9.18 Å². The van der Waals surface area contributed by atoms with Crippen LogP contribution >= 0.6 is 0 Å². The zero-order chi connectivity index (χ0) is 15.1. The highest BCUT2D eigenvalue weighted by atomic mass is 19.1. The van der Waals surface area contributed by atoms with Gasteiger partial charge in [0.1, 0.15) is 11.9 Å². The van der Waals surface area contributed by atoms with Gasteiger partial charge in [0.25, 0.3) is 0 Å². The van der Waals surface area contributed by atoms with E-state index in [-0.39, 0.29) is 24.1 Å². The van der Waals surface area contributed by atoms with Crippen LogP contribution in [-0.4, -0.2) is 23.0 Å². The molecule has 0 saturated heterocycles. The van der Waals surface area contributed by atoms with Gasteiger partial charge in [0, 0.05) is 6.42 Å². The van der Waals surface area contributed by atoms with Crippen molar-refractivity contribution in [2.45, 2.75) is 39.2 Å². The minimum atomic E-state index is -1.02. The van der Waals surface area contributed by atoms with Gasteiger partial charge in [-0.2, -0.15) is 0 Å². The first-order chi connectivity index (χ1) is 9.40. The molecule has 0 spiro atoms. The van der Waals surface area contributed by atoms with E-state index in [4.69, 9.17) is 5.11 Å². The van der Waals surface area contributed by atoms with Crippen LogP contribution in [0.5, 0.6) is 0 Å². The molecule has 1 aromatic carbocycles. The number of aryl methyl sites for hydroxylation is 1. The quantitative estimate of drug-likeness (QED) is 0.806. The number of hydrogen-bond donors (Lipinski definition) is 2. The average molecular weight is 281 g/mol. The molecule has 5 heteroatoms. The predicted octanol–water partition coefficient (Wildman–Crippen LogP) is 2.37. The van der Waals surface area contributed by atoms with Crippen molar-refractivity contribution in [3.63, 3.8) is 0 Å². The van der Waals surface area contributed by atoms with Crippen molar-refractivity contribution in [2.75, 3.05) is 0 Å². The SMILES string of the molecule is CC(C)C(NC(=O)CCCc1ccc(F)cc1)C(=O)O. The van der Waals surface area contributed by atoms with Gasteiger partial charge < -0.3 is 10.4 Å². The summed E-state index contributed by atoms with van der Waals surface area (Å²) >= 11 is 0. The second kappa shape index (κ2) is 7.62. The van der Waals surface area contributed by atoms with E-state index in [1.165, 1.54) is 12.1 Å². The first kappa shape index (κ1) is 16.1. The summed E-state index contributed by atoms with van der Waals surface area (Å²) in [6.07, 6.45) is 1.52. The third-order valence-corrected chi connectivity index (χ3v) is 3.03. The highest BCUT2D eigenvalue weighted by molar-refractivity contribution is 5.83. The number of carbonyl (C=O) groups excluding carboxylic acids is 1. The van der Waals surface area contributed by atoms with E-state index in [9.17, 15) is 14.0 Å². The van der Waals surface area contributed by atoms with Crippen molar-refractivity contribution in [3.05, 3.63) is 35.6 Å². The minimum absolute atomic E-state index is 0.159. The summed E-state index contributed by atoms with van der Waals surface area (Å²) in [5.41, 5.74) is 0.956. The number of carboxylic acids is 1. The van der Waals surface area contributed by atoms with E-state index >= 15 is 0 Å². The van der Waals surface area contributed by atoms with Gasteiger partial charge >= 0.3 is 5.97 Å². The zero-order valence-corrected chi connectivity index (χ0v) is 11.7. The van der Waals surface area contributed by atoms with Gasteiger partial charge in [-0.1, -0.05) is 26.0 Å². The van der Waals surface area contributed by atoms with Crippen LogP contribution in [0.1, 0.15) is 32.3 Å². The Kier molecular flexibility index (Phi) is 6.15. The Morgan fingerprint density at radius 2 is 1.85 bits per heavy atom. The first-order valence-electron chi connectivity index (χ1n) is 6.66. The summed E-state index contributed by atoms with van der Waals surface area (Å²) in [7, 11) is 0. The molecule has 0 aliphatic rings. The van der Waals surface area contributed by atoms with Crippen molar-refractivity contribution in [3.8, 4) is 0 Å². The molecule has 1 rings (SSSR count). The molecule has 1 atom stereocenters. The molecule has 20 heavy (non-hydrogen) atoms. The molecule has 0 saturated carbocycles. The third kappa shape index (κ3) is 5.38. The molecule has 0 aliphatic carbocycles. The summed E-state index contributed by atoms with van der Waals surface area (Å²) < 4.78 is 12.7. The standard InChI is InChI=1S/C15H20FNO3/c1-10(2)14(15(19)20)17-13(18)5-3-4-11-6-8-12(16)9-7-11/h6-10,14H,3-5H2,1-2H3,(H,17,18)(H,19,20). The van der Waals surface area contributed by atoms with E-state index in [2.05, 4.69) is 5.32 Å². The van der Waals surface area contributed by atoms with E-state index in [1.54, 1.807) is 26.0 Å². The molecule has 0 fully saturated rings. The molecule has 1 unspecified atom stereocenters. The third-order valence-electron chi connectivity index (χ3n) is 3.03. The normalized spacial score (nSPS) is 12.2. The van der Waals surface area contributed by atoms with E-state index in [0.717, 1.165) is 5.56 Å². The number of carboxylic acid groups (broad SMARTS) is 1. The minimum Gasteiger partial charge on any atom is -0.480 e. The molecule has 0 heterocycles. The van der Waals surface area contributed by atoms with Crippen molar-refractivity contribution in [1.82, 2.24) is 5.32 Å². The van der Waals surface area contributed by atoms with Gasteiger partial charge in [-0.05, 0) is 36.5 Å². The van der Waals surface area contributed by atoms with Gasteiger partial charge in [0.05, 0.1) is 0 Å². The lowest BCUT2D eigenvalue weighted by molar-refractivity contribution is -0.143. The van der Waals surface area contributed by atoms with Crippen LogP contribution in [-0.2, 0) is 16.0 Å². The molecule has 0 radical (unpaired) electrons. The number of aliphatic carboxylic acids is 1. The fourth-order valence-corrected chi connectivity index (χ4v) is 1.86. The number of hydrogen-bond acceptors (Lipinski definition) is 2. The summed E-state index contributed by atoms with van der Waals surface area (Å²) in [6, 6.07) is 5.28. The van der Waals surface area contributed by atoms with E-state index < -0.39 is 12.0 Å². The van der Waals surface area contributed by atoms with Gasteiger partial charge in [0.15, 0.2) is 0 Å². The molecule has 0 aliphatic heterocycles. The molecule has 0 bridgehead atoms. The largest absolute Gasteiger partial charge is 0.480 e. The Morgan fingerprint density at radius 1 is 1.25 bits per heavy atom. The average Bonchev–Trinajstić information content (AvgIpc) is 2.37. The lowest BCUT2D eigenvalue weighted by Crippen LogP contribution is -2.44. The van der Waals surface area contributed by atoms with Gasteiger partial charge in [-0.15, -0.1) is 0 Å². The van der Waals surface area contributed by atoms with Crippen molar-refractivity contribution < 1.29 is 19.1 Å². The van der Waals surface area contributed by atoms with Crippen molar-refractivity contribution >= 4 is 11.9 Å². The maximum absolute atomic E-state index is 12.7. The van der Waals surface area contributed by atoms with E-state index in [0.29, 0.717) is 12.8 Å². The highest BCUT2D eigenvalue weighted by Crippen LogP contribution is 2.08. The number of halogens is 1. The van der Waals surface area contributed by atoms with Crippen LogP contribution in [0.4, 0.5) is 4.39 Å². The fraction of sp³-hybridized carbons (Fsp3) is 0.467. The number of nitrogens with one attached hydrogen (secondary N) is 1. The summed E-state index contributed by atoms with van der Waals surface area (Å²) in [4.78, 5) is 22.6. The maximum atomic E-state index is 12.7. The zero-order valence-electron chi connectivity index (χ0n) is 11.7. The predicted molar refractivity (Wildman–Crippen MR) is 73.7 cm³/mol. The van der Waals surface area contributed by atoms with Crippen LogP contribution in [0.2, 0.25) is 0 Å². The molecule has 1 aromatic rings. The summed E-state index contributed by atoms with van der Waals surface area (Å²) in [5.74, 6) is -1.73. The molecular formula is C15H20FNO3. The summed E-state index contributed by atoms with van der Waals surface area (Å²) in [5, 5.41) is 11.5. The molecule has 110 valence electrons. The Bertz CT molecular complexity index is 457. The molecule has 1 amide bonds. The molecular weight excluding hydrogens is 261 g/mol. The fourth-order valence-electron chi connectivity index (χ4n) is 1.86. The number of rotatable bonds is 7. The number of benzene rings is 1. The van der Waals surface area contributed by atoms with E-state index in [1.807, 2.05) is 0 Å². The highest BCUT2D eigenvalue weighted by Gasteiger charge is 2.22. The van der Waals surface area contributed by atoms with Crippen LogP contribution in [0.3, 0.4) is 0 Å².